The molecule has 1 N–H and O–H groups in total. The van der Waals surface area contributed by atoms with Crippen LogP contribution in [0.2, 0.25) is 0 Å². The minimum absolute atomic E-state index is 0.298. The van der Waals surface area contributed by atoms with Crippen molar-refractivity contribution in [2.24, 2.45) is 0 Å². The van der Waals surface area contributed by atoms with Gasteiger partial charge in [-0.3, -0.25) is 9.69 Å². The zero-order valence-corrected chi connectivity index (χ0v) is 30.1. The molecule has 0 aromatic carbocycles. The summed E-state index contributed by atoms with van der Waals surface area (Å²) in [5.74, 6) is -0.629. The number of carboxylic acids is 1. The van der Waals surface area contributed by atoms with Crippen molar-refractivity contribution < 1.29 is 9.90 Å². The Hall–Kier alpha value is -0.570. The first-order valence-electron chi connectivity index (χ1n) is 20.1. The van der Waals surface area contributed by atoms with Crippen LogP contribution in [0.25, 0.3) is 0 Å². The summed E-state index contributed by atoms with van der Waals surface area (Å²) < 4.78 is 0. The number of hydrogen-bond donors (Lipinski definition) is 1. The van der Waals surface area contributed by atoms with Crippen LogP contribution in [0.5, 0.6) is 0 Å². The average Bonchev–Trinajstić information content (AvgIpc) is 3.00. The number of carbonyl (C=O) groups is 1. The summed E-state index contributed by atoms with van der Waals surface area (Å²) >= 11 is 0. The van der Waals surface area contributed by atoms with E-state index < -0.39 is 5.97 Å². The van der Waals surface area contributed by atoms with E-state index in [9.17, 15) is 9.90 Å². The third-order valence-corrected chi connectivity index (χ3v) is 9.71. The number of unbranched alkanes of at least 4 members (excludes halogenated alkanes) is 30. The van der Waals surface area contributed by atoms with Gasteiger partial charge in [-0.15, -0.1) is 0 Å². The fourth-order valence-electron chi connectivity index (χ4n) is 6.74. The zero-order chi connectivity index (χ0) is 31.5. The highest BCUT2D eigenvalue weighted by atomic mass is 16.4. The summed E-state index contributed by atoms with van der Waals surface area (Å²) in [5, 5.41) is 9.77. The van der Waals surface area contributed by atoms with Gasteiger partial charge in [0.2, 0.25) is 0 Å². The normalized spacial score (nSPS) is 12.4. The van der Waals surface area contributed by atoms with Gasteiger partial charge in [-0.25, -0.2) is 0 Å². The highest BCUT2D eigenvalue weighted by Crippen LogP contribution is 2.17. The highest BCUT2D eigenvalue weighted by Gasteiger charge is 2.22. The molecule has 0 radical (unpaired) electrons. The first kappa shape index (κ1) is 42.4. The molecule has 258 valence electrons. The average molecular weight is 608 g/mol. The maximum absolute atomic E-state index is 11.9. The quantitative estimate of drug-likeness (QED) is 0.0714. The topological polar surface area (TPSA) is 40.5 Å². The lowest BCUT2D eigenvalue weighted by Gasteiger charge is -2.28. The molecule has 0 aromatic rings. The number of carboxylic acid groups (broad SMARTS) is 1. The van der Waals surface area contributed by atoms with Crippen LogP contribution in [-0.2, 0) is 4.79 Å². The van der Waals surface area contributed by atoms with Crippen molar-refractivity contribution in [3.05, 3.63) is 0 Å². The molecule has 3 heteroatoms. The molecule has 1 unspecified atom stereocenters. The molecule has 0 spiro atoms. The van der Waals surface area contributed by atoms with E-state index in [1.54, 1.807) is 0 Å². The molecule has 0 aromatic heterocycles. The Morgan fingerprint density at radius 3 is 0.791 bits per heavy atom. The van der Waals surface area contributed by atoms with Gasteiger partial charge in [-0.1, -0.05) is 213 Å². The molecule has 0 saturated carbocycles. The second kappa shape index (κ2) is 35.9. The van der Waals surface area contributed by atoms with Gasteiger partial charge in [0.15, 0.2) is 0 Å². The second-order valence-corrected chi connectivity index (χ2v) is 13.9. The summed E-state index contributed by atoms with van der Waals surface area (Å²) in [6, 6.07) is -0.298. The van der Waals surface area contributed by atoms with Crippen molar-refractivity contribution in [2.45, 2.75) is 239 Å². The van der Waals surface area contributed by atoms with E-state index in [2.05, 4.69) is 18.7 Å². The SMILES string of the molecule is CCCCCCCCCCCCCCCCCCN(CCCCCCCCCCCCCCCCCC)C(CC)C(=O)O. The van der Waals surface area contributed by atoms with Crippen molar-refractivity contribution in [1.29, 1.82) is 0 Å². The molecule has 3 nitrogen and oxygen atoms in total. The van der Waals surface area contributed by atoms with Crippen LogP contribution >= 0.6 is 0 Å². The van der Waals surface area contributed by atoms with E-state index in [4.69, 9.17) is 0 Å². The Bertz CT molecular complexity index is 501. The lowest BCUT2D eigenvalue weighted by Crippen LogP contribution is -2.42. The van der Waals surface area contributed by atoms with Gasteiger partial charge in [0.25, 0.3) is 0 Å². The van der Waals surface area contributed by atoms with E-state index in [-0.39, 0.29) is 6.04 Å². The monoisotopic (exact) mass is 608 g/mol. The van der Waals surface area contributed by atoms with Gasteiger partial charge in [0.1, 0.15) is 6.04 Å². The summed E-state index contributed by atoms with van der Waals surface area (Å²) in [7, 11) is 0. The molecule has 0 aliphatic carbocycles. The van der Waals surface area contributed by atoms with Gasteiger partial charge in [-0.05, 0) is 32.4 Å². The lowest BCUT2D eigenvalue weighted by molar-refractivity contribution is -0.143. The Morgan fingerprint density at radius 2 is 0.605 bits per heavy atom. The molecule has 0 aliphatic rings. The van der Waals surface area contributed by atoms with Crippen LogP contribution < -0.4 is 0 Å². The summed E-state index contributed by atoms with van der Waals surface area (Å²) in [4.78, 5) is 14.2. The summed E-state index contributed by atoms with van der Waals surface area (Å²) in [6.07, 6.45) is 45.0. The molecular weight excluding hydrogens is 526 g/mol. The van der Waals surface area contributed by atoms with Gasteiger partial charge in [-0.2, -0.15) is 0 Å². The lowest BCUT2D eigenvalue weighted by atomic mass is 10.0. The molecule has 0 aliphatic heterocycles. The molecule has 0 rings (SSSR count). The predicted octanol–water partition coefficient (Wildman–Crippen LogP) is 13.7. The second-order valence-electron chi connectivity index (χ2n) is 13.9. The Morgan fingerprint density at radius 1 is 0.395 bits per heavy atom. The molecule has 0 bridgehead atoms. The minimum Gasteiger partial charge on any atom is -0.480 e. The van der Waals surface area contributed by atoms with Gasteiger partial charge >= 0.3 is 5.97 Å². The van der Waals surface area contributed by atoms with Gasteiger partial charge < -0.3 is 5.11 Å². The van der Waals surface area contributed by atoms with Crippen LogP contribution in [0, 0.1) is 0 Å². The molecule has 0 amide bonds. The van der Waals surface area contributed by atoms with Gasteiger partial charge in [0.05, 0.1) is 0 Å². The zero-order valence-electron chi connectivity index (χ0n) is 30.1. The van der Waals surface area contributed by atoms with Crippen molar-refractivity contribution in [1.82, 2.24) is 4.90 Å². The van der Waals surface area contributed by atoms with Gasteiger partial charge in [0, 0.05) is 0 Å². The smallest absolute Gasteiger partial charge is 0.320 e. The first-order chi connectivity index (χ1) is 21.2. The third kappa shape index (κ3) is 31.2. The van der Waals surface area contributed by atoms with Crippen LogP contribution in [-0.4, -0.2) is 35.1 Å². The summed E-state index contributed by atoms with van der Waals surface area (Å²) in [6.45, 7) is 8.54. The van der Waals surface area contributed by atoms with Crippen LogP contribution in [0.1, 0.15) is 233 Å². The van der Waals surface area contributed by atoms with Crippen molar-refractivity contribution in [3.8, 4) is 0 Å². The van der Waals surface area contributed by atoms with Crippen molar-refractivity contribution in [2.75, 3.05) is 13.1 Å². The van der Waals surface area contributed by atoms with Crippen LogP contribution in [0.4, 0.5) is 0 Å². The maximum atomic E-state index is 11.9. The molecule has 0 heterocycles. The molecule has 43 heavy (non-hydrogen) atoms. The Balaban J connectivity index is 3.70. The summed E-state index contributed by atoms with van der Waals surface area (Å²) in [5.41, 5.74) is 0. The first-order valence-corrected chi connectivity index (χ1v) is 20.1. The standard InChI is InChI=1S/C40H81NO2/c1-4-7-9-11-13-15-17-19-21-23-25-27-29-31-33-35-37-41(39(6-3)40(42)43)38-36-34-32-30-28-26-24-22-20-18-16-14-12-10-8-5-2/h39H,4-38H2,1-3H3,(H,42,43). The van der Waals surface area contributed by atoms with Crippen molar-refractivity contribution >= 4 is 5.97 Å². The maximum Gasteiger partial charge on any atom is 0.320 e. The van der Waals surface area contributed by atoms with Crippen LogP contribution in [0.15, 0.2) is 0 Å². The van der Waals surface area contributed by atoms with E-state index >= 15 is 0 Å². The Kier molecular flexibility index (Phi) is 35.4. The Labute approximate surface area is 272 Å². The number of rotatable bonds is 37. The third-order valence-electron chi connectivity index (χ3n) is 9.71. The number of aliphatic carboxylic acids is 1. The van der Waals surface area contributed by atoms with Crippen LogP contribution in [0.3, 0.4) is 0 Å². The largest absolute Gasteiger partial charge is 0.480 e. The molecule has 1 atom stereocenters. The number of hydrogen-bond acceptors (Lipinski definition) is 2. The molecule has 0 fully saturated rings. The van der Waals surface area contributed by atoms with E-state index in [1.165, 1.54) is 193 Å². The van der Waals surface area contributed by atoms with E-state index in [1.807, 2.05) is 6.92 Å². The highest BCUT2D eigenvalue weighted by molar-refractivity contribution is 5.73. The van der Waals surface area contributed by atoms with Crippen molar-refractivity contribution in [3.63, 3.8) is 0 Å². The number of nitrogens with zero attached hydrogens (tertiary/aromatic N) is 1. The minimum atomic E-state index is -0.629. The predicted molar refractivity (Wildman–Crippen MR) is 192 cm³/mol. The fraction of sp³-hybridized carbons (Fsp3) is 0.975. The fourth-order valence-corrected chi connectivity index (χ4v) is 6.74. The van der Waals surface area contributed by atoms with E-state index in [0.29, 0.717) is 6.42 Å². The van der Waals surface area contributed by atoms with E-state index in [0.717, 1.165) is 25.9 Å². The molecular formula is C40H81NO2. The molecule has 0 saturated heterocycles.